The third kappa shape index (κ3) is 7.23. The van der Waals surface area contributed by atoms with E-state index in [4.69, 9.17) is 14.2 Å². The number of aryl methyl sites for hydroxylation is 1. The van der Waals surface area contributed by atoms with Gasteiger partial charge in [0.25, 0.3) is 5.69 Å². The minimum Gasteiger partial charge on any atom is -0.493 e. The Kier molecular flexibility index (Phi) is 9.54. The predicted molar refractivity (Wildman–Crippen MR) is 167 cm³/mol. The van der Waals surface area contributed by atoms with Crippen LogP contribution in [0.25, 0.3) is 11.1 Å². The Bertz CT molecular complexity index is 1650. The Balaban J connectivity index is 1.17. The molecular formula is C35H34N2O7. The summed E-state index contributed by atoms with van der Waals surface area (Å²) in [5.41, 5.74) is 7.17. The molecule has 1 aliphatic heterocycles. The largest absolute Gasteiger partial charge is 0.514 e. The summed E-state index contributed by atoms with van der Waals surface area (Å²) < 4.78 is 16.3. The van der Waals surface area contributed by atoms with Crippen molar-refractivity contribution in [3.8, 4) is 22.6 Å². The lowest BCUT2D eigenvalue weighted by Gasteiger charge is -2.31. The molecule has 44 heavy (non-hydrogen) atoms. The van der Waals surface area contributed by atoms with Crippen LogP contribution in [0.15, 0.2) is 84.9 Å². The molecule has 1 aliphatic rings. The number of carbonyl (C=O) groups is 2. The van der Waals surface area contributed by atoms with Crippen molar-refractivity contribution in [1.29, 1.82) is 0 Å². The number of rotatable bonds is 10. The quantitative estimate of drug-likeness (QED) is 0.0608. The van der Waals surface area contributed by atoms with Crippen molar-refractivity contribution in [3.05, 3.63) is 117 Å². The van der Waals surface area contributed by atoms with E-state index in [-0.39, 0.29) is 24.0 Å². The molecule has 0 fully saturated rings. The highest BCUT2D eigenvalue weighted by molar-refractivity contribution is 5.96. The molecule has 0 spiro atoms. The number of nitro benzene ring substituents is 1. The van der Waals surface area contributed by atoms with Crippen molar-refractivity contribution < 1.29 is 28.7 Å². The number of amides is 1. The number of fused-ring (bicyclic) bond motifs is 1. The van der Waals surface area contributed by atoms with Gasteiger partial charge < -0.3 is 19.1 Å². The van der Waals surface area contributed by atoms with Gasteiger partial charge in [-0.3, -0.25) is 14.9 Å². The molecule has 4 aromatic carbocycles. The first-order valence-electron chi connectivity index (χ1n) is 14.6. The molecule has 5 rings (SSSR count). The maximum Gasteiger partial charge on any atom is 0.514 e. The molecule has 0 radical (unpaired) electrons. The third-order valence-corrected chi connectivity index (χ3v) is 7.77. The molecular weight excluding hydrogens is 560 g/mol. The van der Waals surface area contributed by atoms with Crippen molar-refractivity contribution in [2.24, 2.45) is 0 Å². The highest BCUT2D eigenvalue weighted by Crippen LogP contribution is 2.36. The van der Waals surface area contributed by atoms with Crippen molar-refractivity contribution in [3.63, 3.8) is 0 Å². The Morgan fingerprint density at radius 3 is 2.43 bits per heavy atom. The fraction of sp³-hybridized carbons (Fsp3) is 0.257. The molecule has 0 aliphatic carbocycles. The number of anilines is 1. The molecule has 0 unspecified atom stereocenters. The lowest BCUT2D eigenvalue weighted by atomic mass is 9.91. The van der Waals surface area contributed by atoms with Crippen molar-refractivity contribution >= 4 is 23.4 Å². The minimum absolute atomic E-state index is 0.00837. The molecule has 4 aromatic rings. The predicted octanol–water partition coefficient (Wildman–Crippen LogP) is 7.73. The van der Waals surface area contributed by atoms with Crippen LogP contribution in [0.2, 0.25) is 0 Å². The van der Waals surface area contributed by atoms with E-state index in [0.29, 0.717) is 26.0 Å². The fourth-order valence-corrected chi connectivity index (χ4v) is 5.26. The van der Waals surface area contributed by atoms with Crippen LogP contribution in [-0.4, -0.2) is 30.1 Å². The molecule has 0 atom stereocenters. The van der Waals surface area contributed by atoms with E-state index in [0.717, 1.165) is 52.1 Å². The zero-order chi connectivity index (χ0) is 31.1. The number of ether oxygens (including phenoxy) is 3. The van der Waals surface area contributed by atoms with E-state index in [9.17, 15) is 19.7 Å². The van der Waals surface area contributed by atoms with Gasteiger partial charge in [0.1, 0.15) is 18.1 Å². The van der Waals surface area contributed by atoms with Crippen LogP contribution >= 0.6 is 0 Å². The molecule has 1 heterocycles. The number of hydrogen-bond donors (Lipinski definition) is 0. The average Bonchev–Trinajstić information content (AvgIpc) is 3.04. The zero-order valence-corrected chi connectivity index (χ0v) is 24.8. The Morgan fingerprint density at radius 1 is 0.932 bits per heavy atom. The summed E-state index contributed by atoms with van der Waals surface area (Å²) in [6, 6.07) is 25.0. The van der Waals surface area contributed by atoms with Crippen LogP contribution in [0.5, 0.6) is 11.5 Å². The second-order valence-electron chi connectivity index (χ2n) is 10.7. The smallest absolute Gasteiger partial charge is 0.493 e. The lowest BCUT2D eigenvalue weighted by Crippen LogP contribution is -2.35. The van der Waals surface area contributed by atoms with Crippen molar-refractivity contribution in [2.45, 2.75) is 46.1 Å². The summed E-state index contributed by atoms with van der Waals surface area (Å²) in [4.78, 5) is 37.5. The summed E-state index contributed by atoms with van der Waals surface area (Å²) in [6.07, 6.45) is 1.92. The lowest BCUT2D eigenvalue weighted by molar-refractivity contribution is -0.384. The van der Waals surface area contributed by atoms with E-state index >= 15 is 0 Å². The summed E-state index contributed by atoms with van der Waals surface area (Å²) >= 11 is 0. The van der Waals surface area contributed by atoms with Gasteiger partial charge in [0, 0.05) is 30.8 Å². The van der Waals surface area contributed by atoms with Crippen LogP contribution in [0.4, 0.5) is 16.2 Å². The number of nitrogens with zero attached hydrogens (tertiary/aromatic N) is 2. The number of benzene rings is 4. The van der Waals surface area contributed by atoms with Crippen molar-refractivity contribution in [1.82, 2.24) is 0 Å². The van der Waals surface area contributed by atoms with Gasteiger partial charge in [-0.15, -0.1) is 0 Å². The summed E-state index contributed by atoms with van der Waals surface area (Å²) in [5, 5.41) is 10.8. The second kappa shape index (κ2) is 13.9. The molecule has 0 saturated heterocycles. The molecule has 226 valence electrons. The normalized spacial score (nSPS) is 12.3. The molecule has 0 aromatic heterocycles. The van der Waals surface area contributed by atoms with Crippen LogP contribution in [0.1, 0.15) is 41.5 Å². The van der Waals surface area contributed by atoms with E-state index in [2.05, 4.69) is 19.1 Å². The number of non-ortho nitro benzene ring substituents is 1. The summed E-state index contributed by atoms with van der Waals surface area (Å²) in [6.45, 7) is 5.29. The highest BCUT2D eigenvalue weighted by Gasteiger charge is 2.24. The standard InChI is InChI=1S/C35H34N2O7/c1-24-7-3-11-33(25(24)2)42-22-6-12-34(38)36-21-5-9-31-30(8-4-10-32(31)36)27-15-13-26(14-16-27)23-43-35(39)44-29-19-17-28(18-20-29)37(40)41/h3-4,7-8,10-11,13-20H,5-6,9,12,21-23H2,1-2H3. The monoisotopic (exact) mass is 594 g/mol. The maximum absolute atomic E-state index is 13.3. The van der Waals surface area contributed by atoms with Gasteiger partial charge in [0.05, 0.1) is 11.5 Å². The minimum atomic E-state index is -0.901. The fourth-order valence-electron chi connectivity index (χ4n) is 5.26. The average molecular weight is 595 g/mol. The molecule has 9 nitrogen and oxygen atoms in total. The summed E-state index contributed by atoms with van der Waals surface area (Å²) in [5.74, 6) is 1.12. The van der Waals surface area contributed by atoms with E-state index in [1.807, 2.05) is 60.4 Å². The van der Waals surface area contributed by atoms with Crippen molar-refractivity contribution in [2.75, 3.05) is 18.1 Å². The number of carbonyl (C=O) groups excluding carboxylic acids is 2. The topological polar surface area (TPSA) is 108 Å². The Labute approximate surface area is 256 Å². The van der Waals surface area contributed by atoms with Gasteiger partial charge in [0.2, 0.25) is 5.91 Å². The third-order valence-electron chi connectivity index (χ3n) is 7.77. The molecule has 0 bridgehead atoms. The van der Waals surface area contributed by atoms with Gasteiger partial charge >= 0.3 is 6.16 Å². The number of nitro groups is 1. The van der Waals surface area contributed by atoms with Gasteiger partial charge in [0.15, 0.2) is 0 Å². The van der Waals surface area contributed by atoms with Gasteiger partial charge in [-0.25, -0.2) is 4.79 Å². The van der Waals surface area contributed by atoms with E-state index in [1.165, 1.54) is 29.8 Å². The van der Waals surface area contributed by atoms with Crippen LogP contribution in [0.3, 0.4) is 0 Å². The van der Waals surface area contributed by atoms with Gasteiger partial charge in [-0.2, -0.15) is 0 Å². The molecule has 0 saturated carbocycles. The first-order chi connectivity index (χ1) is 21.3. The van der Waals surface area contributed by atoms with Gasteiger partial charge in [-0.05, 0) is 90.8 Å². The first-order valence-corrected chi connectivity index (χ1v) is 14.6. The van der Waals surface area contributed by atoms with E-state index in [1.54, 1.807) is 0 Å². The zero-order valence-electron chi connectivity index (χ0n) is 24.8. The second-order valence-corrected chi connectivity index (χ2v) is 10.7. The highest BCUT2D eigenvalue weighted by atomic mass is 16.7. The van der Waals surface area contributed by atoms with Crippen LogP contribution in [0, 0.1) is 24.0 Å². The van der Waals surface area contributed by atoms with E-state index < -0.39 is 11.1 Å². The molecule has 1 amide bonds. The molecule has 0 N–H and O–H groups in total. The van der Waals surface area contributed by atoms with Gasteiger partial charge in [-0.1, -0.05) is 48.5 Å². The number of hydrogen-bond acceptors (Lipinski definition) is 7. The SMILES string of the molecule is Cc1cccc(OCCCC(=O)N2CCCc3c(-c4ccc(COC(=O)Oc5ccc([N+](=O)[O-])cc5)cc4)cccc32)c1C. The Morgan fingerprint density at radius 2 is 1.68 bits per heavy atom. The molecule has 9 heteroatoms. The Hall–Kier alpha value is -5.18. The first kappa shape index (κ1) is 30.3. The maximum atomic E-state index is 13.3. The van der Waals surface area contributed by atoms with Crippen LogP contribution in [-0.2, 0) is 22.6 Å². The van der Waals surface area contributed by atoms with Crippen LogP contribution < -0.4 is 14.4 Å². The summed E-state index contributed by atoms with van der Waals surface area (Å²) in [7, 11) is 0.